The lowest BCUT2D eigenvalue weighted by molar-refractivity contribution is -0.167. The molecule has 0 N–H and O–H groups in total. The van der Waals surface area contributed by atoms with Crippen LogP contribution in [-0.4, -0.2) is 18.1 Å². The van der Waals surface area contributed by atoms with Crippen molar-refractivity contribution >= 4 is 18.4 Å². The molecule has 0 aliphatic rings. The molecular formula is C6H6F4OS. The maximum absolute atomic E-state index is 12.2. The standard InChI is InChI=1S/C6H6F4OS/c1-3(11)2-4(12)5(7)6(8,9)10/h2,5,12H,1H3. The van der Waals surface area contributed by atoms with Crippen LogP contribution in [0.4, 0.5) is 17.6 Å². The van der Waals surface area contributed by atoms with Crippen LogP contribution in [0.5, 0.6) is 0 Å². The zero-order valence-corrected chi connectivity index (χ0v) is 6.92. The molecule has 0 heterocycles. The number of halogens is 4. The Labute approximate surface area is 71.9 Å². The summed E-state index contributed by atoms with van der Waals surface area (Å²) in [6.07, 6.45) is -7.67. The van der Waals surface area contributed by atoms with Gasteiger partial charge in [0.15, 0.2) is 5.78 Å². The molecule has 0 saturated carbocycles. The van der Waals surface area contributed by atoms with Crippen LogP contribution in [0.1, 0.15) is 6.92 Å². The van der Waals surface area contributed by atoms with Crippen LogP contribution in [0.15, 0.2) is 11.0 Å². The van der Waals surface area contributed by atoms with Gasteiger partial charge in [0.25, 0.3) is 0 Å². The van der Waals surface area contributed by atoms with Crippen molar-refractivity contribution in [1.82, 2.24) is 0 Å². The van der Waals surface area contributed by atoms with Crippen molar-refractivity contribution in [3.8, 4) is 0 Å². The Morgan fingerprint density at radius 3 is 2.17 bits per heavy atom. The van der Waals surface area contributed by atoms with Crippen LogP contribution in [0.25, 0.3) is 0 Å². The van der Waals surface area contributed by atoms with Crippen molar-refractivity contribution in [2.45, 2.75) is 19.3 Å². The van der Waals surface area contributed by atoms with Crippen molar-refractivity contribution < 1.29 is 22.4 Å². The molecule has 12 heavy (non-hydrogen) atoms. The molecule has 0 aliphatic heterocycles. The Morgan fingerprint density at radius 1 is 1.50 bits per heavy atom. The molecule has 0 bridgehead atoms. The fourth-order valence-electron chi connectivity index (χ4n) is 0.449. The van der Waals surface area contributed by atoms with Gasteiger partial charge in [-0.2, -0.15) is 13.2 Å². The van der Waals surface area contributed by atoms with Crippen molar-refractivity contribution in [3.05, 3.63) is 11.0 Å². The lowest BCUT2D eigenvalue weighted by Gasteiger charge is -2.11. The van der Waals surface area contributed by atoms with E-state index in [4.69, 9.17) is 0 Å². The highest BCUT2D eigenvalue weighted by Gasteiger charge is 2.41. The summed E-state index contributed by atoms with van der Waals surface area (Å²) in [6, 6.07) is 0. The average molecular weight is 202 g/mol. The van der Waals surface area contributed by atoms with E-state index in [0.717, 1.165) is 6.92 Å². The molecule has 1 nitrogen and oxygen atoms in total. The van der Waals surface area contributed by atoms with Gasteiger partial charge in [0.05, 0.1) is 0 Å². The molecule has 0 radical (unpaired) electrons. The largest absolute Gasteiger partial charge is 0.424 e. The molecule has 0 aromatic rings. The zero-order chi connectivity index (χ0) is 9.94. The minimum absolute atomic E-state index is 0.501. The first-order valence-corrected chi connectivity index (χ1v) is 3.31. The summed E-state index contributed by atoms with van der Waals surface area (Å²) in [7, 11) is 0. The van der Waals surface area contributed by atoms with Gasteiger partial charge in [-0.25, -0.2) is 4.39 Å². The number of carbonyl (C=O) groups excluding carboxylic acids is 1. The van der Waals surface area contributed by atoms with Gasteiger partial charge < -0.3 is 0 Å². The third-order valence-electron chi connectivity index (χ3n) is 0.898. The van der Waals surface area contributed by atoms with Crippen LogP contribution in [0.2, 0.25) is 0 Å². The van der Waals surface area contributed by atoms with Crippen LogP contribution in [0.3, 0.4) is 0 Å². The van der Waals surface area contributed by atoms with Gasteiger partial charge in [0.2, 0.25) is 6.17 Å². The molecule has 0 fully saturated rings. The summed E-state index contributed by atoms with van der Waals surface area (Å²) in [5.74, 6) is -0.674. The lowest BCUT2D eigenvalue weighted by Crippen LogP contribution is -2.24. The smallest absolute Gasteiger partial charge is 0.295 e. The van der Waals surface area contributed by atoms with E-state index in [1.54, 1.807) is 0 Å². The SMILES string of the molecule is CC(=O)C=C(S)C(F)C(F)(F)F. The predicted molar refractivity (Wildman–Crippen MR) is 38.7 cm³/mol. The number of allylic oxidation sites excluding steroid dienone is 2. The molecule has 0 aliphatic carbocycles. The molecule has 0 saturated heterocycles. The van der Waals surface area contributed by atoms with E-state index in [0.29, 0.717) is 6.08 Å². The average Bonchev–Trinajstić information content (AvgIpc) is 1.82. The van der Waals surface area contributed by atoms with E-state index in [1.165, 1.54) is 0 Å². The fraction of sp³-hybridized carbons (Fsp3) is 0.500. The van der Waals surface area contributed by atoms with E-state index in [9.17, 15) is 22.4 Å². The van der Waals surface area contributed by atoms with Crippen LogP contribution in [-0.2, 0) is 4.79 Å². The zero-order valence-electron chi connectivity index (χ0n) is 6.02. The fourth-order valence-corrected chi connectivity index (χ4v) is 0.777. The minimum Gasteiger partial charge on any atom is -0.295 e. The first-order valence-electron chi connectivity index (χ1n) is 2.87. The quantitative estimate of drug-likeness (QED) is 0.413. The highest BCUT2D eigenvalue weighted by atomic mass is 32.1. The van der Waals surface area contributed by atoms with Gasteiger partial charge in [-0.15, -0.1) is 12.6 Å². The second-order valence-electron chi connectivity index (χ2n) is 2.08. The topological polar surface area (TPSA) is 17.1 Å². The molecule has 0 amide bonds. The monoisotopic (exact) mass is 202 g/mol. The molecule has 0 aromatic heterocycles. The number of alkyl halides is 4. The second-order valence-corrected chi connectivity index (χ2v) is 2.60. The van der Waals surface area contributed by atoms with Crippen molar-refractivity contribution in [2.75, 3.05) is 0 Å². The molecule has 1 atom stereocenters. The number of hydrogen-bond acceptors (Lipinski definition) is 2. The summed E-state index contributed by atoms with van der Waals surface area (Å²) in [5, 5.41) is 0. The Hall–Kier alpha value is -0.520. The lowest BCUT2D eigenvalue weighted by atomic mass is 10.3. The van der Waals surface area contributed by atoms with Crippen LogP contribution < -0.4 is 0 Å². The van der Waals surface area contributed by atoms with E-state index < -0.39 is 23.0 Å². The molecule has 6 heteroatoms. The van der Waals surface area contributed by atoms with E-state index in [2.05, 4.69) is 12.6 Å². The van der Waals surface area contributed by atoms with Crippen molar-refractivity contribution in [3.63, 3.8) is 0 Å². The Balaban J connectivity index is 4.50. The van der Waals surface area contributed by atoms with Crippen molar-refractivity contribution in [2.24, 2.45) is 0 Å². The molecular weight excluding hydrogens is 196 g/mol. The number of carbonyl (C=O) groups is 1. The van der Waals surface area contributed by atoms with Gasteiger partial charge in [-0.3, -0.25) is 4.79 Å². The van der Waals surface area contributed by atoms with E-state index in [1.807, 2.05) is 0 Å². The maximum atomic E-state index is 12.2. The van der Waals surface area contributed by atoms with Crippen LogP contribution in [0, 0.1) is 0 Å². The third kappa shape index (κ3) is 3.75. The first kappa shape index (κ1) is 11.5. The predicted octanol–water partition coefficient (Wildman–Crippen LogP) is 2.29. The Kier molecular flexibility index (Phi) is 3.76. The highest BCUT2D eigenvalue weighted by molar-refractivity contribution is 7.84. The van der Waals surface area contributed by atoms with Crippen molar-refractivity contribution in [1.29, 1.82) is 0 Å². The summed E-state index contributed by atoms with van der Waals surface area (Å²) in [5.41, 5.74) is 0. The number of ketones is 1. The Bertz CT molecular complexity index is 208. The first-order chi connectivity index (χ1) is 5.25. The normalized spacial score (nSPS) is 16.0. The van der Waals surface area contributed by atoms with Gasteiger partial charge in [0, 0.05) is 4.91 Å². The van der Waals surface area contributed by atoms with E-state index >= 15 is 0 Å². The summed E-state index contributed by atoms with van der Waals surface area (Å²) < 4.78 is 47.0. The summed E-state index contributed by atoms with van der Waals surface area (Å²) in [4.78, 5) is 9.30. The maximum Gasteiger partial charge on any atom is 0.424 e. The molecule has 1 unspecified atom stereocenters. The summed E-state index contributed by atoms with van der Waals surface area (Å²) >= 11 is 3.20. The molecule has 0 rings (SSSR count). The Morgan fingerprint density at radius 2 is 1.92 bits per heavy atom. The molecule has 70 valence electrons. The number of thiol groups is 1. The van der Waals surface area contributed by atoms with Gasteiger partial charge in [-0.05, 0) is 13.0 Å². The van der Waals surface area contributed by atoms with E-state index in [-0.39, 0.29) is 0 Å². The second kappa shape index (κ2) is 3.93. The van der Waals surface area contributed by atoms with Gasteiger partial charge in [0.1, 0.15) is 0 Å². The summed E-state index contributed by atoms with van der Waals surface area (Å²) in [6.45, 7) is 1.01. The van der Waals surface area contributed by atoms with Gasteiger partial charge in [-0.1, -0.05) is 0 Å². The molecule has 0 aromatic carbocycles. The van der Waals surface area contributed by atoms with Gasteiger partial charge >= 0.3 is 6.18 Å². The number of hydrogen-bond donors (Lipinski definition) is 1. The third-order valence-corrected chi connectivity index (χ3v) is 1.25. The van der Waals surface area contributed by atoms with Crippen LogP contribution >= 0.6 is 12.6 Å². The highest BCUT2D eigenvalue weighted by Crippen LogP contribution is 2.29. The molecule has 0 spiro atoms. The number of rotatable bonds is 2. The minimum atomic E-state index is -5.00.